The van der Waals surface area contributed by atoms with Gasteiger partial charge in [-0.2, -0.15) is 11.8 Å². The molecule has 0 aromatic carbocycles. The number of aliphatic carboxylic acids is 3. The largest absolute Gasteiger partial charge is 0.481 e. The number of hydrogen-bond acceptors (Lipinski definition) is 9. The number of carbonyl (C=O) groups excluding carboxylic acids is 3. The summed E-state index contributed by atoms with van der Waals surface area (Å²) < 4.78 is 0. The van der Waals surface area contributed by atoms with Crippen molar-refractivity contribution in [2.45, 2.75) is 69.3 Å². The summed E-state index contributed by atoms with van der Waals surface area (Å²) in [4.78, 5) is 70.5. The quantitative estimate of drug-likeness (QED) is 0.103. The third-order valence-electron chi connectivity index (χ3n) is 4.57. The number of hydrogen-bond donors (Lipinski definition) is 8. The molecule has 0 rings (SSSR count). The van der Waals surface area contributed by atoms with Gasteiger partial charge in [0.1, 0.15) is 18.1 Å². The molecule has 0 radical (unpaired) electrons. The van der Waals surface area contributed by atoms with Gasteiger partial charge in [-0.3, -0.25) is 24.0 Å². The molecule has 34 heavy (non-hydrogen) atoms. The van der Waals surface area contributed by atoms with Crippen molar-refractivity contribution in [2.24, 2.45) is 5.73 Å². The molecule has 0 aliphatic rings. The number of rotatable bonds is 17. The SMILES string of the molecule is CSCCC(N)C(=O)NC(C(=O)NC(CCC(=O)O)C(=O)NC(CCC(=O)O)C(=O)O)C(C)O. The summed E-state index contributed by atoms with van der Waals surface area (Å²) in [6, 6.07) is -5.64. The van der Waals surface area contributed by atoms with Crippen molar-refractivity contribution < 1.29 is 49.2 Å². The molecule has 0 aromatic rings. The lowest BCUT2D eigenvalue weighted by atomic mass is 10.1. The molecule has 9 N–H and O–H groups in total. The Morgan fingerprint density at radius 3 is 1.74 bits per heavy atom. The molecule has 14 nitrogen and oxygen atoms in total. The topological polar surface area (TPSA) is 245 Å². The van der Waals surface area contributed by atoms with E-state index in [9.17, 15) is 39.0 Å². The van der Waals surface area contributed by atoms with Gasteiger partial charge in [0.05, 0.1) is 12.1 Å². The van der Waals surface area contributed by atoms with Crippen LogP contribution in [-0.2, 0) is 28.8 Å². The number of amides is 3. The van der Waals surface area contributed by atoms with Crippen LogP contribution in [0.1, 0.15) is 39.0 Å². The fourth-order valence-corrected chi connectivity index (χ4v) is 3.13. The maximum Gasteiger partial charge on any atom is 0.326 e. The number of carbonyl (C=O) groups is 6. The highest BCUT2D eigenvalue weighted by Crippen LogP contribution is 2.05. The minimum atomic E-state index is -1.60. The molecule has 0 bridgehead atoms. The number of aliphatic hydroxyl groups is 1. The van der Waals surface area contributed by atoms with Gasteiger partial charge < -0.3 is 42.1 Å². The molecule has 0 aromatic heterocycles. The van der Waals surface area contributed by atoms with Gasteiger partial charge in [-0.1, -0.05) is 0 Å². The van der Waals surface area contributed by atoms with Crippen molar-refractivity contribution in [1.29, 1.82) is 0 Å². The Morgan fingerprint density at radius 2 is 1.29 bits per heavy atom. The Hall–Kier alpha value is -2.91. The van der Waals surface area contributed by atoms with Crippen LogP contribution in [0.5, 0.6) is 0 Å². The van der Waals surface area contributed by atoms with E-state index in [1.54, 1.807) is 0 Å². The molecule has 3 amide bonds. The molecular weight excluding hydrogens is 476 g/mol. The van der Waals surface area contributed by atoms with Crippen LogP contribution in [0.4, 0.5) is 0 Å². The summed E-state index contributed by atoms with van der Waals surface area (Å²) in [5.74, 6) is -6.35. The minimum absolute atomic E-state index is 0.303. The van der Waals surface area contributed by atoms with Crippen LogP contribution in [0.25, 0.3) is 0 Å². The van der Waals surface area contributed by atoms with E-state index in [1.165, 1.54) is 18.7 Å². The number of carboxylic acids is 3. The molecule has 5 atom stereocenters. The third-order valence-corrected chi connectivity index (χ3v) is 5.22. The first-order valence-corrected chi connectivity index (χ1v) is 11.7. The maximum absolute atomic E-state index is 12.7. The van der Waals surface area contributed by atoms with Crippen LogP contribution in [0.3, 0.4) is 0 Å². The minimum Gasteiger partial charge on any atom is -0.481 e. The predicted molar refractivity (Wildman–Crippen MR) is 120 cm³/mol. The van der Waals surface area contributed by atoms with Gasteiger partial charge in [0.25, 0.3) is 0 Å². The van der Waals surface area contributed by atoms with E-state index in [-0.39, 0.29) is 0 Å². The fraction of sp³-hybridized carbons (Fsp3) is 0.684. The van der Waals surface area contributed by atoms with E-state index in [4.69, 9.17) is 15.9 Å². The fourth-order valence-electron chi connectivity index (χ4n) is 2.64. The first kappa shape index (κ1) is 31.1. The van der Waals surface area contributed by atoms with Crippen molar-refractivity contribution >= 4 is 47.4 Å². The average molecular weight is 509 g/mol. The molecule has 0 spiro atoms. The van der Waals surface area contributed by atoms with Crippen LogP contribution in [0, 0.1) is 0 Å². The average Bonchev–Trinajstić information content (AvgIpc) is 2.74. The van der Waals surface area contributed by atoms with Crippen molar-refractivity contribution in [1.82, 2.24) is 16.0 Å². The Morgan fingerprint density at radius 1 is 0.794 bits per heavy atom. The summed E-state index contributed by atoms with van der Waals surface area (Å²) in [5, 5.41) is 43.4. The second-order valence-corrected chi connectivity index (χ2v) is 8.43. The van der Waals surface area contributed by atoms with E-state index < -0.39 is 91.6 Å². The zero-order valence-electron chi connectivity index (χ0n) is 18.9. The molecule has 0 fully saturated rings. The van der Waals surface area contributed by atoms with Crippen molar-refractivity contribution in [3.63, 3.8) is 0 Å². The standard InChI is InChI=1S/C19H32N4O10S/c1-9(24)15(23-16(29)10(20)7-8-34-2)18(31)21-11(3-5-13(25)26)17(30)22-12(19(32)33)4-6-14(27)28/h9-12,15,24H,3-8,20H2,1-2H3,(H,21,31)(H,22,30)(H,23,29)(H,25,26)(H,27,28)(H,32,33). The zero-order chi connectivity index (χ0) is 26.4. The Bertz CT molecular complexity index is 749. The summed E-state index contributed by atoms with van der Waals surface area (Å²) in [7, 11) is 0. The van der Waals surface area contributed by atoms with E-state index >= 15 is 0 Å². The molecule has 15 heteroatoms. The molecular formula is C19H32N4O10S. The van der Waals surface area contributed by atoms with Crippen LogP contribution in [0.15, 0.2) is 0 Å². The van der Waals surface area contributed by atoms with E-state index in [0.29, 0.717) is 12.2 Å². The summed E-state index contributed by atoms with van der Waals surface area (Å²) in [6.07, 6.45) is -1.32. The summed E-state index contributed by atoms with van der Waals surface area (Å²) in [5.41, 5.74) is 5.75. The monoisotopic (exact) mass is 508 g/mol. The number of nitrogens with one attached hydrogen (secondary N) is 3. The van der Waals surface area contributed by atoms with Crippen LogP contribution in [0.2, 0.25) is 0 Å². The first-order valence-electron chi connectivity index (χ1n) is 10.3. The molecule has 0 heterocycles. The van der Waals surface area contributed by atoms with Gasteiger partial charge in [0.2, 0.25) is 17.7 Å². The molecule has 0 saturated heterocycles. The summed E-state index contributed by atoms with van der Waals surface area (Å²) in [6.45, 7) is 1.20. The molecule has 194 valence electrons. The van der Waals surface area contributed by atoms with Gasteiger partial charge in [0, 0.05) is 12.8 Å². The van der Waals surface area contributed by atoms with Crippen LogP contribution < -0.4 is 21.7 Å². The second kappa shape index (κ2) is 15.8. The lowest BCUT2D eigenvalue weighted by molar-refractivity contribution is -0.144. The van der Waals surface area contributed by atoms with Gasteiger partial charge in [-0.05, 0) is 38.2 Å². The smallest absolute Gasteiger partial charge is 0.326 e. The highest BCUT2D eigenvalue weighted by molar-refractivity contribution is 7.98. The third kappa shape index (κ3) is 12.4. The van der Waals surface area contributed by atoms with E-state index in [1.807, 2.05) is 6.26 Å². The lowest BCUT2D eigenvalue weighted by Gasteiger charge is -2.26. The Kier molecular flexibility index (Phi) is 14.5. The van der Waals surface area contributed by atoms with Gasteiger partial charge in [-0.25, -0.2) is 4.79 Å². The highest BCUT2D eigenvalue weighted by Gasteiger charge is 2.32. The van der Waals surface area contributed by atoms with Crippen LogP contribution in [-0.4, -0.2) is 98.3 Å². The van der Waals surface area contributed by atoms with Crippen molar-refractivity contribution in [2.75, 3.05) is 12.0 Å². The highest BCUT2D eigenvalue weighted by atomic mass is 32.2. The predicted octanol–water partition coefficient (Wildman–Crippen LogP) is -2.28. The van der Waals surface area contributed by atoms with Gasteiger partial charge in [0.15, 0.2) is 0 Å². The zero-order valence-corrected chi connectivity index (χ0v) is 19.7. The van der Waals surface area contributed by atoms with E-state index in [2.05, 4.69) is 16.0 Å². The number of carboxylic acid groups (broad SMARTS) is 3. The molecule has 0 aliphatic heterocycles. The van der Waals surface area contributed by atoms with Crippen LogP contribution >= 0.6 is 11.8 Å². The Labute approximate surface area is 200 Å². The molecule has 0 saturated carbocycles. The first-order chi connectivity index (χ1) is 15.8. The molecule has 0 aliphatic carbocycles. The summed E-state index contributed by atoms with van der Waals surface area (Å²) >= 11 is 1.45. The van der Waals surface area contributed by atoms with Crippen molar-refractivity contribution in [3.05, 3.63) is 0 Å². The normalized spacial score (nSPS) is 15.2. The van der Waals surface area contributed by atoms with E-state index in [0.717, 1.165) is 0 Å². The second-order valence-electron chi connectivity index (χ2n) is 7.44. The van der Waals surface area contributed by atoms with Gasteiger partial charge in [-0.15, -0.1) is 0 Å². The lowest BCUT2D eigenvalue weighted by Crippen LogP contribution is -2.59. The number of thioether (sulfide) groups is 1. The number of nitrogens with two attached hydrogens (primary N) is 1. The number of aliphatic hydroxyl groups excluding tert-OH is 1. The Balaban J connectivity index is 5.47. The van der Waals surface area contributed by atoms with Gasteiger partial charge >= 0.3 is 17.9 Å². The van der Waals surface area contributed by atoms with Crippen molar-refractivity contribution in [3.8, 4) is 0 Å². The maximum atomic E-state index is 12.7. The molecule has 5 unspecified atom stereocenters.